The van der Waals surface area contributed by atoms with Gasteiger partial charge in [-0.15, -0.1) is 0 Å². The third kappa shape index (κ3) is 7.30. The molecule has 0 aromatic carbocycles. The summed E-state index contributed by atoms with van der Waals surface area (Å²) in [4.78, 5) is 19.1. The number of aliphatic carboxylic acids is 1. The van der Waals surface area contributed by atoms with Crippen LogP contribution in [-0.2, 0) is 9.22 Å². The van der Waals surface area contributed by atoms with E-state index in [4.69, 9.17) is 4.43 Å². The van der Waals surface area contributed by atoms with Crippen molar-refractivity contribution in [2.45, 2.75) is 77.6 Å². The molecule has 0 bridgehead atoms. The van der Waals surface area contributed by atoms with E-state index in [-0.39, 0.29) is 17.0 Å². The van der Waals surface area contributed by atoms with E-state index in [0.29, 0.717) is 0 Å². The maximum atomic E-state index is 11.6. The van der Waals surface area contributed by atoms with Gasteiger partial charge in [-0.05, 0) is 63.4 Å². The molecule has 0 aromatic rings. The minimum atomic E-state index is -1.64. The summed E-state index contributed by atoms with van der Waals surface area (Å²) >= 11 is 0. The highest BCUT2D eigenvalue weighted by atomic mass is 28.4. The summed E-state index contributed by atoms with van der Waals surface area (Å²) in [6.07, 6.45) is 3.93. The van der Waals surface area contributed by atoms with Gasteiger partial charge in [0.15, 0.2) is 8.32 Å². The molecule has 176 valence electrons. The number of carbonyl (C=O) groups is 1. The zero-order valence-electron chi connectivity index (χ0n) is 20.5. The molecule has 2 aliphatic rings. The summed E-state index contributed by atoms with van der Waals surface area (Å²) < 4.78 is 6.34. The van der Waals surface area contributed by atoms with Crippen molar-refractivity contribution < 1.29 is 14.3 Å². The molecule has 0 spiro atoms. The summed E-state index contributed by atoms with van der Waals surface area (Å²) in [5, 5.41) is 9.79. The molecule has 2 unspecified atom stereocenters. The summed E-state index contributed by atoms with van der Waals surface area (Å²) in [5.41, 5.74) is 0. The highest BCUT2D eigenvalue weighted by Gasteiger charge is 2.37. The van der Waals surface area contributed by atoms with E-state index in [1.807, 2.05) is 0 Å². The van der Waals surface area contributed by atoms with Crippen molar-refractivity contribution in [2.75, 3.05) is 59.0 Å². The van der Waals surface area contributed by atoms with Crippen LogP contribution in [0.1, 0.15) is 53.4 Å². The van der Waals surface area contributed by atoms with Gasteiger partial charge < -0.3 is 14.4 Å². The quantitative estimate of drug-likeness (QED) is 0.523. The van der Waals surface area contributed by atoms with Crippen molar-refractivity contribution in [3.63, 3.8) is 0 Å². The Hall–Kier alpha value is -0.473. The van der Waals surface area contributed by atoms with Crippen LogP contribution < -0.4 is 0 Å². The van der Waals surface area contributed by atoms with E-state index < -0.39 is 14.3 Å². The lowest BCUT2D eigenvalue weighted by molar-refractivity contribution is -0.146. The van der Waals surface area contributed by atoms with Crippen LogP contribution >= 0.6 is 0 Å². The van der Waals surface area contributed by atoms with Crippen molar-refractivity contribution in [3.8, 4) is 0 Å². The number of rotatable bonds is 10. The van der Waals surface area contributed by atoms with Gasteiger partial charge in [0.25, 0.3) is 0 Å². The molecule has 1 N–H and O–H groups in total. The summed E-state index contributed by atoms with van der Waals surface area (Å²) in [6, 6.07) is 0.217. The second kappa shape index (κ2) is 11.4. The maximum Gasteiger partial charge on any atom is 0.308 e. The number of carboxylic acid groups (broad SMARTS) is 1. The molecule has 0 amide bonds. The van der Waals surface area contributed by atoms with Gasteiger partial charge in [-0.25, -0.2) is 0 Å². The third-order valence-corrected chi connectivity index (χ3v) is 12.2. The zero-order chi connectivity index (χ0) is 22.4. The molecule has 30 heavy (non-hydrogen) atoms. The Morgan fingerprint density at radius 1 is 1.03 bits per heavy atom. The fourth-order valence-corrected chi connectivity index (χ4v) is 5.65. The zero-order valence-corrected chi connectivity index (χ0v) is 21.5. The van der Waals surface area contributed by atoms with Crippen molar-refractivity contribution in [1.29, 1.82) is 0 Å². The van der Waals surface area contributed by atoms with Crippen molar-refractivity contribution in [3.05, 3.63) is 0 Å². The first-order valence-corrected chi connectivity index (χ1v) is 15.0. The maximum absolute atomic E-state index is 11.6. The first-order valence-electron chi connectivity index (χ1n) is 12.1. The van der Waals surface area contributed by atoms with Crippen LogP contribution in [0.5, 0.6) is 0 Å². The second-order valence-corrected chi connectivity index (χ2v) is 15.6. The van der Waals surface area contributed by atoms with Crippen LogP contribution in [0.4, 0.5) is 0 Å². The molecule has 0 saturated carbocycles. The first kappa shape index (κ1) is 25.8. The highest BCUT2D eigenvalue weighted by Crippen LogP contribution is 2.36. The molecule has 7 heteroatoms. The van der Waals surface area contributed by atoms with Gasteiger partial charge >= 0.3 is 5.97 Å². The van der Waals surface area contributed by atoms with E-state index in [0.717, 1.165) is 84.6 Å². The molecule has 0 aromatic heterocycles. The summed E-state index contributed by atoms with van der Waals surface area (Å²) in [7, 11) is -1.64. The lowest BCUT2D eigenvalue weighted by atomic mass is 9.87. The normalized spacial score (nSPS) is 25.5. The van der Waals surface area contributed by atoms with Gasteiger partial charge in [0.2, 0.25) is 0 Å². The van der Waals surface area contributed by atoms with E-state index in [1.54, 1.807) is 0 Å². The van der Waals surface area contributed by atoms with E-state index >= 15 is 0 Å². The van der Waals surface area contributed by atoms with Crippen LogP contribution in [0.2, 0.25) is 18.1 Å². The molecule has 0 aliphatic carbocycles. The smallest absolute Gasteiger partial charge is 0.308 e. The van der Waals surface area contributed by atoms with Gasteiger partial charge in [-0.3, -0.25) is 14.6 Å². The molecule has 2 fully saturated rings. The fraction of sp³-hybridized carbons (Fsp3) is 0.957. The van der Waals surface area contributed by atoms with E-state index in [1.165, 1.54) is 0 Å². The highest BCUT2D eigenvalue weighted by molar-refractivity contribution is 6.74. The minimum absolute atomic E-state index is 0.180. The largest absolute Gasteiger partial charge is 0.481 e. The van der Waals surface area contributed by atoms with Gasteiger partial charge in [-0.1, -0.05) is 27.7 Å². The van der Waals surface area contributed by atoms with Crippen LogP contribution in [0.25, 0.3) is 0 Å². The van der Waals surface area contributed by atoms with Gasteiger partial charge in [0.1, 0.15) is 0 Å². The average Bonchev–Trinajstić information content (AvgIpc) is 2.68. The van der Waals surface area contributed by atoms with Crippen LogP contribution in [0.3, 0.4) is 0 Å². The number of piperazine rings is 1. The Kier molecular flexibility index (Phi) is 9.81. The third-order valence-electron chi connectivity index (χ3n) is 7.69. The predicted octanol–water partition coefficient (Wildman–Crippen LogP) is 3.59. The Bertz CT molecular complexity index is 530. The number of hydrogen-bond acceptors (Lipinski definition) is 5. The van der Waals surface area contributed by atoms with E-state index in [2.05, 4.69) is 55.5 Å². The van der Waals surface area contributed by atoms with Crippen molar-refractivity contribution in [1.82, 2.24) is 14.7 Å². The number of nitrogens with zero attached hydrogens (tertiary/aromatic N) is 3. The van der Waals surface area contributed by atoms with Crippen LogP contribution in [-0.4, -0.2) is 99.1 Å². The molecule has 2 heterocycles. The Balaban J connectivity index is 1.64. The number of hydrogen-bond donors (Lipinski definition) is 1. The van der Waals surface area contributed by atoms with Crippen molar-refractivity contribution >= 4 is 14.3 Å². The van der Waals surface area contributed by atoms with E-state index in [9.17, 15) is 9.90 Å². The topological polar surface area (TPSA) is 56.2 Å². The predicted molar refractivity (Wildman–Crippen MR) is 127 cm³/mol. The lowest BCUT2D eigenvalue weighted by Crippen LogP contribution is -2.50. The molecule has 2 rings (SSSR count). The average molecular weight is 442 g/mol. The molecule has 2 saturated heterocycles. The first-order chi connectivity index (χ1) is 14.0. The van der Waals surface area contributed by atoms with Gasteiger partial charge in [0, 0.05) is 45.4 Å². The van der Waals surface area contributed by atoms with Crippen LogP contribution in [0.15, 0.2) is 0 Å². The summed E-state index contributed by atoms with van der Waals surface area (Å²) in [5.74, 6) is -0.791. The molecule has 6 nitrogen and oxygen atoms in total. The standard InChI is InChI=1S/C23H47N3O3Si/c1-7-21-20(22(27)28)10-8-12-26(21)13-9-11-24-14-16-25(17-15-24)18-19-29-30(5,6)23(2,3)4/h20-21H,7-19H2,1-6H3,(H,27,28). The van der Waals surface area contributed by atoms with Gasteiger partial charge in [0.05, 0.1) is 5.92 Å². The van der Waals surface area contributed by atoms with Crippen molar-refractivity contribution in [2.24, 2.45) is 5.92 Å². The molecule has 2 atom stereocenters. The minimum Gasteiger partial charge on any atom is -0.481 e. The molecular weight excluding hydrogens is 394 g/mol. The molecule has 0 radical (unpaired) electrons. The SMILES string of the molecule is CCC1C(C(=O)O)CCCN1CCCN1CCN(CCO[Si](C)(C)C(C)(C)C)CC1. The number of carboxylic acids is 1. The molecular formula is C23H47N3O3Si. The molecule has 2 aliphatic heterocycles. The monoisotopic (exact) mass is 441 g/mol. The number of piperidine rings is 1. The van der Waals surface area contributed by atoms with Gasteiger partial charge in [-0.2, -0.15) is 0 Å². The summed E-state index contributed by atoms with van der Waals surface area (Å²) in [6.45, 7) is 23.3. The van der Waals surface area contributed by atoms with Crippen LogP contribution in [0, 0.1) is 5.92 Å². The lowest BCUT2D eigenvalue weighted by Gasteiger charge is -2.40. The second-order valence-electron chi connectivity index (χ2n) is 10.7. The Labute approximate surface area is 186 Å². The number of likely N-dealkylation sites (tertiary alicyclic amines) is 1. The Morgan fingerprint density at radius 3 is 2.17 bits per heavy atom. The Morgan fingerprint density at radius 2 is 1.63 bits per heavy atom. The fourth-order valence-electron chi connectivity index (χ4n) is 4.62.